The molecule has 1 aromatic heterocycles. The summed E-state index contributed by atoms with van der Waals surface area (Å²) < 4.78 is 0. The number of hydrogen-bond donors (Lipinski definition) is 1. The minimum Gasteiger partial charge on any atom is -0.372 e. The minimum absolute atomic E-state index is 0.375. The van der Waals surface area contributed by atoms with E-state index in [1.807, 2.05) is 6.20 Å². The van der Waals surface area contributed by atoms with Gasteiger partial charge in [-0.25, -0.2) is 9.97 Å². The fraction of sp³-hybridized carbons (Fsp3) is 0.765. The Morgan fingerprint density at radius 2 is 2.00 bits per heavy atom. The first-order valence-corrected chi connectivity index (χ1v) is 8.27. The molecular weight excluding hydrogens is 260 g/mol. The molecule has 0 saturated heterocycles. The topological polar surface area (TPSA) is 41.1 Å². The Hall–Kier alpha value is -1.16. The van der Waals surface area contributed by atoms with E-state index in [0.717, 1.165) is 30.5 Å². The van der Waals surface area contributed by atoms with Crippen molar-refractivity contribution in [2.24, 2.45) is 5.92 Å². The maximum Gasteiger partial charge on any atom is 0.131 e. The number of anilines is 1. The van der Waals surface area contributed by atoms with Gasteiger partial charge in [0.15, 0.2) is 0 Å². The highest BCUT2D eigenvalue weighted by Gasteiger charge is 2.22. The Bertz CT molecular complexity index is 452. The molecule has 4 nitrogen and oxygen atoms in total. The Labute approximate surface area is 129 Å². The van der Waals surface area contributed by atoms with Gasteiger partial charge >= 0.3 is 0 Å². The van der Waals surface area contributed by atoms with Crippen LogP contribution in [0.15, 0.2) is 6.20 Å². The van der Waals surface area contributed by atoms with Crippen LogP contribution < -0.4 is 10.2 Å². The number of rotatable bonds is 8. The average molecular weight is 290 g/mol. The zero-order chi connectivity index (χ0) is 15.4. The first kappa shape index (κ1) is 16.2. The molecule has 4 heteroatoms. The Morgan fingerprint density at radius 3 is 2.57 bits per heavy atom. The Kier molecular flexibility index (Phi) is 5.57. The van der Waals surface area contributed by atoms with E-state index in [0.29, 0.717) is 12.0 Å². The van der Waals surface area contributed by atoms with Gasteiger partial charge in [-0.15, -0.1) is 0 Å². The molecule has 0 amide bonds. The largest absolute Gasteiger partial charge is 0.372 e. The molecule has 21 heavy (non-hydrogen) atoms. The highest BCUT2D eigenvalue weighted by atomic mass is 15.1. The second kappa shape index (κ2) is 7.21. The van der Waals surface area contributed by atoms with Crippen LogP contribution in [-0.2, 0) is 6.54 Å². The molecule has 0 radical (unpaired) electrons. The van der Waals surface area contributed by atoms with E-state index in [1.165, 1.54) is 24.9 Å². The zero-order valence-corrected chi connectivity index (χ0v) is 14.2. The number of hydrogen-bond acceptors (Lipinski definition) is 4. The van der Waals surface area contributed by atoms with Crippen LogP contribution in [0.3, 0.4) is 0 Å². The van der Waals surface area contributed by atoms with Crippen molar-refractivity contribution < 1.29 is 0 Å². The van der Waals surface area contributed by atoms with Crippen LogP contribution in [0.2, 0.25) is 0 Å². The molecule has 0 atom stereocenters. The lowest BCUT2D eigenvalue weighted by molar-refractivity contribution is 0.582. The molecule has 1 aliphatic carbocycles. The molecule has 2 rings (SSSR count). The van der Waals surface area contributed by atoms with Crippen molar-refractivity contribution in [3.8, 4) is 0 Å². The molecule has 1 N–H and O–H groups in total. The molecule has 0 unspecified atom stereocenters. The van der Waals surface area contributed by atoms with Crippen molar-refractivity contribution in [3.63, 3.8) is 0 Å². The van der Waals surface area contributed by atoms with Gasteiger partial charge in [-0.05, 0) is 25.2 Å². The van der Waals surface area contributed by atoms with Crippen molar-refractivity contribution >= 4 is 5.69 Å². The monoisotopic (exact) mass is 290 g/mol. The van der Waals surface area contributed by atoms with E-state index in [9.17, 15) is 0 Å². The Morgan fingerprint density at radius 1 is 1.29 bits per heavy atom. The smallest absolute Gasteiger partial charge is 0.131 e. The van der Waals surface area contributed by atoms with Crippen molar-refractivity contribution in [1.29, 1.82) is 0 Å². The SMILES string of the molecule is CC(C)CCN(C)c1cnc(C(C)C)nc1CNC1CC1. The molecule has 1 aromatic rings. The third-order valence-electron chi connectivity index (χ3n) is 3.97. The van der Waals surface area contributed by atoms with Crippen LogP contribution in [0.1, 0.15) is 64.4 Å². The van der Waals surface area contributed by atoms with Crippen LogP contribution >= 0.6 is 0 Å². The van der Waals surface area contributed by atoms with Crippen LogP contribution in [-0.4, -0.2) is 29.6 Å². The summed E-state index contributed by atoms with van der Waals surface area (Å²) in [6, 6.07) is 0.705. The number of nitrogens with one attached hydrogen (secondary N) is 1. The quantitative estimate of drug-likeness (QED) is 0.797. The second-order valence-corrected chi connectivity index (χ2v) is 6.97. The zero-order valence-electron chi connectivity index (χ0n) is 14.2. The molecule has 0 aliphatic heterocycles. The average Bonchev–Trinajstić information content (AvgIpc) is 3.26. The van der Waals surface area contributed by atoms with Gasteiger partial charge in [-0.3, -0.25) is 0 Å². The first-order valence-electron chi connectivity index (χ1n) is 8.27. The number of nitrogens with zero attached hydrogens (tertiary/aromatic N) is 3. The van der Waals surface area contributed by atoms with E-state index in [1.54, 1.807) is 0 Å². The fourth-order valence-corrected chi connectivity index (χ4v) is 2.25. The molecular formula is C17H30N4. The molecule has 1 saturated carbocycles. The lowest BCUT2D eigenvalue weighted by Crippen LogP contribution is -2.25. The summed E-state index contributed by atoms with van der Waals surface area (Å²) in [5, 5.41) is 3.58. The lowest BCUT2D eigenvalue weighted by atomic mass is 10.1. The van der Waals surface area contributed by atoms with Crippen molar-refractivity contribution in [1.82, 2.24) is 15.3 Å². The highest BCUT2D eigenvalue weighted by Crippen LogP contribution is 2.23. The first-order chi connectivity index (χ1) is 9.97. The third kappa shape index (κ3) is 4.95. The lowest BCUT2D eigenvalue weighted by Gasteiger charge is -2.23. The van der Waals surface area contributed by atoms with Gasteiger partial charge in [0.05, 0.1) is 17.6 Å². The van der Waals surface area contributed by atoms with E-state index in [4.69, 9.17) is 4.98 Å². The van der Waals surface area contributed by atoms with Gasteiger partial charge < -0.3 is 10.2 Å². The molecule has 1 heterocycles. The summed E-state index contributed by atoms with van der Waals surface area (Å²) in [6.07, 6.45) is 5.81. The molecule has 1 fully saturated rings. The number of aromatic nitrogens is 2. The predicted molar refractivity (Wildman–Crippen MR) is 88.7 cm³/mol. The summed E-state index contributed by atoms with van der Waals surface area (Å²) in [5.74, 6) is 2.04. The summed E-state index contributed by atoms with van der Waals surface area (Å²) in [5.41, 5.74) is 2.32. The van der Waals surface area contributed by atoms with Crippen molar-refractivity contribution in [3.05, 3.63) is 17.7 Å². The molecule has 0 spiro atoms. The fourth-order valence-electron chi connectivity index (χ4n) is 2.25. The van der Waals surface area contributed by atoms with Crippen molar-refractivity contribution in [2.75, 3.05) is 18.5 Å². The summed E-state index contributed by atoms with van der Waals surface area (Å²) in [4.78, 5) is 11.7. The normalized spacial score (nSPS) is 15.0. The summed E-state index contributed by atoms with van der Waals surface area (Å²) >= 11 is 0. The van der Waals surface area contributed by atoms with E-state index in [-0.39, 0.29) is 0 Å². The van der Waals surface area contributed by atoms with Gasteiger partial charge in [0, 0.05) is 32.1 Å². The van der Waals surface area contributed by atoms with E-state index >= 15 is 0 Å². The van der Waals surface area contributed by atoms with Gasteiger partial charge in [-0.1, -0.05) is 27.7 Å². The molecule has 118 valence electrons. The van der Waals surface area contributed by atoms with Crippen LogP contribution in [0, 0.1) is 5.92 Å². The van der Waals surface area contributed by atoms with Gasteiger partial charge in [0.25, 0.3) is 0 Å². The predicted octanol–water partition coefficient (Wildman–Crippen LogP) is 3.33. The highest BCUT2D eigenvalue weighted by molar-refractivity contribution is 5.48. The maximum absolute atomic E-state index is 4.80. The standard InChI is InChI=1S/C17H30N4/c1-12(2)8-9-21(5)16-11-19-17(13(3)4)20-15(16)10-18-14-6-7-14/h11-14,18H,6-10H2,1-5H3. The molecule has 1 aliphatic rings. The Balaban J connectivity index is 2.12. The van der Waals surface area contributed by atoms with Crippen LogP contribution in [0.25, 0.3) is 0 Å². The summed E-state index contributed by atoms with van der Waals surface area (Å²) in [6.45, 7) is 10.7. The van der Waals surface area contributed by atoms with Crippen molar-refractivity contribution in [2.45, 2.75) is 65.5 Å². The molecule has 0 aromatic carbocycles. The van der Waals surface area contributed by atoms with E-state index < -0.39 is 0 Å². The maximum atomic E-state index is 4.80. The van der Waals surface area contributed by atoms with Gasteiger partial charge in [0.2, 0.25) is 0 Å². The van der Waals surface area contributed by atoms with Gasteiger partial charge in [-0.2, -0.15) is 0 Å². The molecule has 0 bridgehead atoms. The summed E-state index contributed by atoms with van der Waals surface area (Å²) in [7, 11) is 2.15. The third-order valence-corrected chi connectivity index (χ3v) is 3.97. The van der Waals surface area contributed by atoms with Crippen LogP contribution in [0.5, 0.6) is 0 Å². The van der Waals surface area contributed by atoms with E-state index in [2.05, 4.69) is 49.9 Å². The second-order valence-electron chi connectivity index (χ2n) is 6.97. The van der Waals surface area contributed by atoms with Crippen LogP contribution in [0.4, 0.5) is 5.69 Å². The minimum atomic E-state index is 0.375. The van der Waals surface area contributed by atoms with Gasteiger partial charge in [0.1, 0.15) is 5.82 Å².